The Bertz CT molecular complexity index is 495. The van der Waals surface area contributed by atoms with E-state index in [4.69, 9.17) is 5.11 Å². The zero-order valence-corrected chi connectivity index (χ0v) is 11.8. The third kappa shape index (κ3) is 4.37. The summed E-state index contributed by atoms with van der Waals surface area (Å²) in [6, 6.07) is 5.47. The van der Waals surface area contributed by atoms with Crippen molar-refractivity contribution in [2.75, 3.05) is 18.0 Å². The van der Waals surface area contributed by atoms with Crippen LogP contribution in [0, 0.1) is 5.92 Å². The number of carboxylic acid groups (broad SMARTS) is 1. The van der Waals surface area contributed by atoms with Gasteiger partial charge in [0, 0.05) is 12.2 Å². The molecule has 1 aliphatic rings. The Balaban J connectivity index is 2.01. The second-order valence-corrected chi connectivity index (χ2v) is 5.33. The Hall–Kier alpha value is -2.24. The number of carboxylic acids is 1. The smallest absolute Gasteiger partial charge is 0.323 e. The van der Waals surface area contributed by atoms with Crippen LogP contribution < -0.4 is 10.2 Å². The third-order valence-corrected chi connectivity index (χ3v) is 3.72. The van der Waals surface area contributed by atoms with Crippen LogP contribution in [0.5, 0.6) is 5.75 Å². The van der Waals surface area contributed by atoms with E-state index in [0.29, 0.717) is 18.2 Å². The van der Waals surface area contributed by atoms with Crippen molar-refractivity contribution < 1.29 is 19.8 Å². The number of rotatable bonds is 5. The van der Waals surface area contributed by atoms with Crippen LogP contribution in [0.1, 0.15) is 25.7 Å². The molecule has 0 heterocycles. The maximum absolute atomic E-state index is 12.2. The minimum absolute atomic E-state index is 0.0698. The number of hydrogen-bond acceptors (Lipinski definition) is 3. The quantitative estimate of drug-likeness (QED) is 0.776. The first-order valence-electron chi connectivity index (χ1n) is 7.12. The van der Waals surface area contributed by atoms with E-state index in [0.717, 1.165) is 17.7 Å². The minimum atomic E-state index is -1.08. The summed E-state index contributed by atoms with van der Waals surface area (Å²) in [6.07, 6.45) is 4.60. The van der Waals surface area contributed by atoms with Gasteiger partial charge in [-0.15, -0.1) is 0 Å². The fourth-order valence-electron chi connectivity index (χ4n) is 2.59. The van der Waals surface area contributed by atoms with Gasteiger partial charge in [0.25, 0.3) is 0 Å². The van der Waals surface area contributed by atoms with Crippen molar-refractivity contribution in [1.29, 1.82) is 0 Å². The molecule has 6 heteroatoms. The molecule has 3 N–H and O–H groups in total. The van der Waals surface area contributed by atoms with E-state index in [1.165, 1.54) is 37.1 Å². The molecule has 0 aliphatic heterocycles. The molecule has 0 saturated heterocycles. The van der Waals surface area contributed by atoms with Gasteiger partial charge >= 0.3 is 12.0 Å². The molecule has 0 radical (unpaired) electrons. The van der Waals surface area contributed by atoms with Gasteiger partial charge < -0.3 is 15.5 Å². The van der Waals surface area contributed by atoms with Crippen molar-refractivity contribution in [3.63, 3.8) is 0 Å². The van der Waals surface area contributed by atoms with Gasteiger partial charge in [-0.3, -0.25) is 9.69 Å². The summed E-state index contributed by atoms with van der Waals surface area (Å²) in [7, 11) is 0. The molecule has 1 aromatic carbocycles. The number of benzene rings is 1. The highest BCUT2D eigenvalue weighted by molar-refractivity contribution is 5.96. The molecule has 0 unspecified atom stereocenters. The molecule has 21 heavy (non-hydrogen) atoms. The van der Waals surface area contributed by atoms with Crippen molar-refractivity contribution in [3.05, 3.63) is 24.3 Å². The Morgan fingerprint density at radius 1 is 1.19 bits per heavy atom. The van der Waals surface area contributed by atoms with Crippen LogP contribution in [0.15, 0.2) is 24.3 Å². The predicted molar refractivity (Wildman–Crippen MR) is 78.4 cm³/mol. The van der Waals surface area contributed by atoms with E-state index >= 15 is 0 Å². The first-order valence-corrected chi connectivity index (χ1v) is 7.12. The number of hydrogen-bond donors (Lipinski definition) is 3. The van der Waals surface area contributed by atoms with Crippen molar-refractivity contribution in [3.8, 4) is 5.75 Å². The number of anilines is 1. The van der Waals surface area contributed by atoms with E-state index in [2.05, 4.69) is 5.32 Å². The lowest BCUT2D eigenvalue weighted by molar-refractivity contribution is -0.135. The molecule has 1 aromatic rings. The molecule has 6 nitrogen and oxygen atoms in total. The molecule has 1 aliphatic carbocycles. The molecule has 1 saturated carbocycles. The fraction of sp³-hybridized carbons (Fsp3) is 0.467. The van der Waals surface area contributed by atoms with E-state index < -0.39 is 18.5 Å². The number of aliphatic carboxylic acids is 1. The zero-order chi connectivity index (χ0) is 15.2. The van der Waals surface area contributed by atoms with E-state index in [-0.39, 0.29) is 5.75 Å². The number of phenolic OH excluding ortho intramolecular Hbond substituents is 1. The first-order chi connectivity index (χ1) is 10.1. The van der Waals surface area contributed by atoms with E-state index in [1.54, 1.807) is 0 Å². The van der Waals surface area contributed by atoms with Crippen molar-refractivity contribution in [2.45, 2.75) is 25.7 Å². The molecule has 0 atom stereocenters. The number of aromatic hydroxyl groups is 1. The highest BCUT2D eigenvalue weighted by Gasteiger charge is 2.21. The Labute approximate surface area is 123 Å². The maximum atomic E-state index is 12.2. The lowest BCUT2D eigenvalue weighted by atomic mass is 10.1. The summed E-state index contributed by atoms with van der Waals surface area (Å²) in [5.41, 5.74) is 0.444. The Morgan fingerprint density at radius 2 is 1.81 bits per heavy atom. The summed E-state index contributed by atoms with van der Waals surface area (Å²) in [5, 5.41) is 21.0. The van der Waals surface area contributed by atoms with Gasteiger partial charge in [-0.2, -0.15) is 0 Å². The van der Waals surface area contributed by atoms with Gasteiger partial charge in [0.2, 0.25) is 0 Å². The predicted octanol–water partition coefficient (Wildman–Crippen LogP) is 2.18. The molecule has 0 spiro atoms. The lowest BCUT2D eigenvalue weighted by Gasteiger charge is -2.22. The molecule has 2 rings (SSSR count). The fourth-order valence-corrected chi connectivity index (χ4v) is 2.59. The van der Waals surface area contributed by atoms with Gasteiger partial charge in [-0.1, -0.05) is 12.8 Å². The topological polar surface area (TPSA) is 89.9 Å². The highest BCUT2D eigenvalue weighted by Crippen LogP contribution is 2.24. The summed E-state index contributed by atoms with van der Waals surface area (Å²) in [6.45, 7) is 0.161. The minimum Gasteiger partial charge on any atom is -0.508 e. The molecular weight excluding hydrogens is 272 g/mol. The van der Waals surface area contributed by atoms with Crippen LogP contribution in [0.25, 0.3) is 0 Å². The standard InChI is InChI=1S/C15H20N2O4/c18-13-7-5-12(6-8-13)17(10-14(19)20)15(21)16-9-11-3-1-2-4-11/h5-8,11,18H,1-4,9-10H2,(H,16,21)(H,19,20). The Kier molecular flexibility index (Phi) is 5.03. The number of carbonyl (C=O) groups excluding carboxylic acids is 1. The van der Waals surface area contributed by atoms with E-state index in [9.17, 15) is 14.7 Å². The first kappa shape index (κ1) is 15.2. The molecule has 0 aromatic heterocycles. The number of nitrogens with one attached hydrogen (secondary N) is 1. The van der Waals surface area contributed by atoms with Crippen LogP contribution in [0.4, 0.5) is 10.5 Å². The zero-order valence-electron chi connectivity index (χ0n) is 11.8. The van der Waals surface area contributed by atoms with Crippen molar-refractivity contribution in [2.24, 2.45) is 5.92 Å². The SMILES string of the molecule is O=C(O)CN(C(=O)NCC1CCCC1)c1ccc(O)cc1. The van der Waals surface area contributed by atoms with Crippen LogP contribution >= 0.6 is 0 Å². The maximum Gasteiger partial charge on any atom is 0.323 e. The van der Waals surface area contributed by atoms with Crippen molar-refractivity contribution in [1.82, 2.24) is 5.32 Å². The van der Waals surface area contributed by atoms with Crippen LogP contribution in [-0.4, -0.2) is 35.3 Å². The molecule has 114 valence electrons. The van der Waals surface area contributed by atoms with Gasteiger partial charge in [-0.25, -0.2) is 4.79 Å². The van der Waals surface area contributed by atoms with E-state index in [1.807, 2.05) is 0 Å². The summed E-state index contributed by atoms with van der Waals surface area (Å²) in [5.74, 6) is -0.528. The normalized spacial score (nSPS) is 14.9. The van der Waals surface area contributed by atoms with Crippen LogP contribution in [-0.2, 0) is 4.79 Å². The van der Waals surface area contributed by atoms with Gasteiger partial charge in [0.1, 0.15) is 12.3 Å². The number of carbonyl (C=O) groups is 2. The average molecular weight is 292 g/mol. The highest BCUT2D eigenvalue weighted by atomic mass is 16.4. The molecule has 0 bridgehead atoms. The van der Waals surface area contributed by atoms with Crippen LogP contribution in [0.3, 0.4) is 0 Å². The monoisotopic (exact) mass is 292 g/mol. The van der Waals surface area contributed by atoms with Gasteiger partial charge in [0.05, 0.1) is 0 Å². The lowest BCUT2D eigenvalue weighted by Crippen LogP contribution is -2.44. The third-order valence-electron chi connectivity index (χ3n) is 3.72. The molecule has 2 amide bonds. The second-order valence-electron chi connectivity index (χ2n) is 5.33. The molecular formula is C15H20N2O4. The largest absolute Gasteiger partial charge is 0.508 e. The average Bonchev–Trinajstić information content (AvgIpc) is 2.96. The van der Waals surface area contributed by atoms with Crippen LogP contribution in [0.2, 0.25) is 0 Å². The summed E-state index contributed by atoms with van der Waals surface area (Å²) >= 11 is 0. The number of phenols is 1. The van der Waals surface area contributed by atoms with Crippen molar-refractivity contribution >= 4 is 17.7 Å². The van der Waals surface area contributed by atoms with Gasteiger partial charge in [0.15, 0.2) is 0 Å². The number of urea groups is 1. The second kappa shape index (κ2) is 6.97. The summed E-state index contributed by atoms with van der Waals surface area (Å²) in [4.78, 5) is 24.3. The Morgan fingerprint density at radius 3 is 2.38 bits per heavy atom. The number of nitrogens with zero attached hydrogens (tertiary/aromatic N) is 1. The van der Waals surface area contributed by atoms with Gasteiger partial charge in [-0.05, 0) is 43.0 Å². The summed E-state index contributed by atoms with van der Waals surface area (Å²) < 4.78 is 0. The number of amides is 2. The molecule has 1 fully saturated rings.